The van der Waals surface area contributed by atoms with Gasteiger partial charge in [0.15, 0.2) is 0 Å². The zero-order valence-electron chi connectivity index (χ0n) is 15.2. The van der Waals surface area contributed by atoms with Crippen LogP contribution in [0.15, 0.2) is 66.7 Å². The number of H-pyrrole nitrogens is 1. The molecule has 5 nitrogen and oxygen atoms in total. The Hall–Kier alpha value is -3.31. The SMILES string of the molecule is COc1cccc(CC(=O)Nc2ccc(Cl)c(-c3nc4ccccc4[nH]3)c2)c1. The number of hydrogen-bond acceptors (Lipinski definition) is 3. The number of carbonyl (C=O) groups is 1. The van der Waals surface area contributed by atoms with Crippen LogP contribution in [0.2, 0.25) is 5.02 Å². The quantitative estimate of drug-likeness (QED) is 0.499. The van der Waals surface area contributed by atoms with E-state index in [1.807, 2.05) is 54.6 Å². The molecule has 0 radical (unpaired) electrons. The highest BCUT2D eigenvalue weighted by Crippen LogP contribution is 2.30. The molecule has 0 saturated carbocycles. The van der Waals surface area contributed by atoms with E-state index in [2.05, 4.69) is 15.3 Å². The predicted molar refractivity (Wildman–Crippen MR) is 112 cm³/mol. The Morgan fingerprint density at radius 3 is 2.79 bits per heavy atom. The summed E-state index contributed by atoms with van der Waals surface area (Å²) in [7, 11) is 1.60. The number of para-hydroxylation sites is 2. The highest BCUT2D eigenvalue weighted by Gasteiger charge is 2.12. The lowest BCUT2D eigenvalue weighted by Crippen LogP contribution is -2.14. The van der Waals surface area contributed by atoms with Gasteiger partial charge in [-0.15, -0.1) is 0 Å². The average Bonchev–Trinajstić information content (AvgIpc) is 3.13. The Morgan fingerprint density at radius 2 is 1.96 bits per heavy atom. The Labute approximate surface area is 167 Å². The van der Waals surface area contributed by atoms with E-state index in [1.165, 1.54) is 0 Å². The van der Waals surface area contributed by atoms with Gasteiger partial charge in [-0.05, 0) is 48.0 Å². The van der Waals surface area contributed by atoms with Gasteiger partial charge in [0.25, 0.3) is 0 Å². The van der Waals surface area contributed by atoms with Gasteiger partial charge in [-0.25, -0.2) is 4.98 Å². The van der Waals surface area contributed by atoms with Crippen LogP contribution in [0.5, 0.6) is 5.75 Å². The van der Waals surface area contributed by atoms with Gasteiger partial charge in [0.2, 0.25) is 5.91 Å². The maximum atomic E-state index is 12.4. The zero-order chi connectivity index (χ0) is 19.5. The molecule has 2 N–H and O–H groups in total. The van der Waals surface area contributed by atoms with Crippen molar-refractivity contribution in [1.29, 1.82) is 0 Å². The van der Waals surface area contributed by atoms with Crippen molar-refractivity contribution < 1.29 is 9.53 Å². The molecule has 140 valence electrons. The molecule has 28 heavy (non-hydrogen) atoms. The monoisotopic (exact) mass is 391 g/mol. The molecule has 0 saturated heterocycles. The number of carbonyl (C=O) groups excluding carboxylic acids is 1. The van der Waals surface area contributed by atoms with Gasteiger partial charge in [0, 0.05) is 11.3 Å². The van der Waals surface area contributed by atoms with Crippen molar-refractivity contribution in [3.63, 3.8) is 0 Å². The van der Waals surface area contributed by atoms with Crippen LogP contribution in [0.1, 0.15) is 5.56 Å². The van der Waals surface area contributed by atoms with Gasteiger partial charge in [-0.2, -0.15) is 0 Å². The zero-order valence-corrected chi connectivity index (χ0v) is 16.0. The predicted octanol–water partition coefficient (Wildman–Crippen LogP) is 5.07. The molecule has 0 aliphatic heterocycles. The van der Waals surface area contributed by atoms with Gasteiger partial charge < -0.3 is 15.0 Å². The molecule has 1 aromatic heterocycles. The second kappa shape index (κ2) is 7.74. The Kier molecular flexibility index (Phi) is 5.00. The molecule has 0 bridgehead atoms. The normalized spacial score (nSPS) is 10.8. The summed E-state index contributed by atoms with van der Waals surface area (Å²) in [5.41, 5.74) is 4.06. The maximum Gasteiger partial charge on any atom is 0.228 e. The van der Waals surface area contributed by atoms with Crippen LogP contribution >= 0.6 is 11.6 Å². The number of methoxy groups -OCH3 is 1. The van der Waals surface area contributed by atoms with Crippen molar-refractivity contribution in [2.45, 2.75) is 6.42 Å². The third-order valence-electron chi connectivity index (χ3n) is 4.39. The first-order valence-electron chi connectivity index (χ1n) is 8.80. The van der Waals surface area contributed by atoms with Crippen LogP contribution in [-0.2, 0) is 11.2 Å². The molecule has 0 aliphatic rings. The van der Waals surface area contributed by atoms with Crippen LogP contribution in [0.3, 0.4) is 0 Å². The fourth-order valence-corrected chi connectivity index (χ4v) is 3.24. The van der Waals surface area contributed by atoms with Gasteiger partial charge in [-0.3, -0.25) is 4.79 Å². The first-order chi connectivity index (χ1) is 13.6. The molecule has 0 fully saturated rings. The van der Waals surface area contributed by atoms with Crippen LogP contribution in [0.25, 0.3) is 22.4 Å². The van der Waals surface area contributed by atoms with E-state index in [9.17, 15) is 4.79 Å². The molecule has 0 spiro atoms. The van der Waals surface area contributed by atoms with Gasteiger partial charge in [0.1, 0.15) is 11.6 Å². The number of rotatable bonds is 5. The lowest BCUT2D eigenvalue weighted by atomic mass is 10.1. The minimum atomic E-state index is -0.119. The number of imidazole rings is 1. The fraction of sp³-hybridized carbons (Fsp3) is 0.0909. The second-order valence-corrected chi connectivity index (χ2v) is 6.78. The molecular weight excluding hydrogens is 374 g/mol. The van der Waals surface area contributed by atoms with Crippen molar-refractivity contribution in [3.05, 3.63) is 77.3 Å². The van der Waals surface area contributed by atoms with Crippen LogP contribution in [0, 0.1) is 0 Å². The van der Waals surface area contributed by atoms with Crippen molar-refractivity contribution in [2.75, 3.05) is 12.4 Å². The second-order valence-electron chi connectivity index (χ2n) is 6.37. The molecule has 0 atom stereocenters. The fourth-order valence-electron chi connectivity index (χ4n) is 3.04. The van der Waals surface area contributed by atoms with Crippen molar-refractivity contribution >= 4 is 34.2 Å². The van der Waals surface area contributed by atoms with Gasteiger partial charge >= 0.3 is 0 Å². The van der Waals surface area contributed by atoms with Crippen molar-refractivity contribution in [1.82, 2.24) is 9.97 Å². The van der Waals surface area contributed by atoms with E-state index in [0.29, 0.717) is 16.5 Å². The lowest BCUT2D eigenvalue weighted by Gasteiger charge is -2.09. The van der Waals surface area contributed by atoms with Crippen LogP contribution < -0.4 is 10.1 Å². The van der Waals surface area contributed by atoms with E-state index in [1.54, 1.807) is 19.2 Å². The lowest BCUT2D eigenvalue weighted by molar-refractivity contribution is -0.115. The number of anilines is 1. The van der Waals surface area contributed by atoms with Gasteiger partial charge in [-0.1, -0.05) is 35.9 Å². The Morgan fingerprint density at radius 1 is 1.11 bits per heavy atom. The molecule has 4 aromatic rings. The number of aromatic amines is 1. The third kappa shape index (κ3) is 3.85. The first-order valence-corrected chi connectivity index (χ1v) is 9.17. The summed E-state index contributed by atoms with van der Waals surface area (Å²) < 4.78 is 5.20. The number of nitrogens with one attached hydrogen (secondary N) is 2. The summed E-state index contributed by atoms with van der Waals surface area (Å²) in [6.07, 6.45) is 0.250. The largest absolute Gasteiger partial charge is 0.497 e. The summed E-state index contributed by atoms with van der Waals surface area (Å²) in [5.74, 6) is 1.27. The Balaban J connectivity index is 1.55. The van der Waals surface area contributed by atoms with E-state index in [0.717, 1.165) is 27.9 Å². The van der Waals surface area contributed by atoms with E-state index in [-0.39, 0.29) is 12.3 Å². The summed E-state index contributed by atoms with van der Waals surface area (Å²) in [6.45, 7) is 0. The van der Waals surface area contributed by atoms with Crippen LogP contribution in [-0.4, -0.2) is 23.0 Å². The smallest absolute Gasteiger partial charge is 0.228 e. The number of amides is 1. The minimum Gasteiger partial charge on any atom is -0.497 e. The molecule has 3 aromatic carbocycles. The molecule has 1 amide bonds. The minimum absolute atomic E-state index is 0.119. The summed E-state index contributed by atoms with van der Waals surface area (Å²) in [4.78, 5) is 20.3. The third-order valence-corrected chi connectivity index (χ3v) is 4.72. The number of aromatic nitrogens is 2. The van der Waals surface area contributed by atoms with Crippen molar-refractivity contribution in [2.24, 2.45) is 0 Å². The van der Waals surface area contributed by atoms with E-state index < -0.39 is 0 Å². The standard InChI is InChI=1S/C22H18ClN3O2/c1-28-16-6-4-5-14(11-16)12-21(27)24-15-9-10-18(23)17(13-15)22-25-19-7-2-3-8-20(19)26-22/h2-11,13H,12H2,1H3,(H,24,27)(H,25,26). The maximum absolute atomic E-state index is 12.4. The molecule has 0 aliphatic carbocycles. The molecule has 6 heteroatoms. The molecule has 0 unspecified atom stereocenters. The van der Waals surface area contributed by atoms with Crippen LogP contribution in [0.4, 0.5) is 5.69 Å². The van der Waals surface area contributed by atoms with E-state index in [4.69, 9.17) is 16.3 Å². The van der Waals surface area contributed by atoms with Crippen molar-refractivity contribution in [3.8, 4) is 17.1 Å². The van der Waals surface area contributed by atoms with Gasteiger partial charge in [0.05, 0.1) is 29.6 Å². The number of halogens is 1. The average molecular weight is 392 g/mol. The number of ether oxygens (including phenoxy) is 1. The molecule has 4 rings (SSSR count). The topological polar surface area (TPSA) is 67.0 Å². The number of hydrogen-bond donors (Lipinski definition) is 2. The highest BCUT2D eigenvalue weighted by atomic mass is 35.5. The molecular formula is C22H18ClN3O2. The Bertz CT molecular complexity index is 1120. The number of nitrogens with zero attached hydrogens (tertiary/aromatic N) is 1. The summed E-state index contributed by atoms with van der Waals surface area (Å²) >= 11 is 6.37. The summed E-state index contributed by atoms with van der Waals surface area (Å²) in [6, 6.07) is 20.6. The summed E-state index contributed by atoms with van der Waals surface area (Å²) in [5, 5.41) is 3.48. The first kappa shape index (κ1) is 18.1. The molecule has 1 heterocycles. The van der Waals surface area contributed by atoms with E-state index >= 15 is 0 Å². The number of benzene rings is 3. The number of fused-ring (bicyclic) bond motifs is 1. The highest BCUT2D eigenvalue weighted by molar-refractivity contribution is 6.33.